The minimum absolute atomic E-state index is 0.371. The molecule has 1 fully saturated rings. The van der Waals surface area contributed by atoms with Crippen LogP contribution in [0, 0.1) is 0 Å². The lowest BCUT2D eigenvalue weighted by Gasteiger charge is -2.33. The number of aliphatic imine (C=N–C) groups is 1. The maximum atomic E-state index is 5.43. The van der Waals surface area contributed by atoms with Crippen LogP contribution in [0.2, 0.25) is 0 Å². The molecule has 7 heteroatoms. The fraction of sp³-hybridized carbons (Fsp3) is 0.348. The van der Waals surface area contributed by atoms with Crippen molar-refractivity contribution in [3.05, 3.63) is 78.5 Å². The maximum Gasteiger partial charge on any atom is 0.225 e. The summed E-state index contributed by atoms with van der Waals surface area (Å²) >= 11 is 0. The van der Waals surface area contributed by atoms with E-state index in [0.29, 0.717) is 12.6 Å². The van der Waals surface area contributed by atoms with Crippen molar-refractivity contribution < 1.29 is 4.42 Å². The molecule has 0 radical (unpaired) electrons. The third-order valence-electron chi connectivity index (χ3n) is 5.18. The van der Waals surface area contributed by atoms with Gasteiger partial charge in [0.2, 0.25) is 5.95 Å². The van der Waals surface area contributed by atoms with Crippen LogP contribution in [-0.2, 0) is 13.0 Å². The summed E-state index contributed by atoms with van der Waals surface area (Å²) in [6.45, 7) is 3.28. The number of piperidine rings is 1. The molecule has 156 valence electrons. The predicted octanol–water partition coefficient (Wildman–Crippen LogP) is 3.02. The smallest absolute Gasteiger partial charge is 0.225 e. The lowest BCUT2D eigenvalue weighted by Crippen LogP contribution is -2.49. The van der Waals surface area contributed by atoms with Crippen LogP contribution in [0.1, 0.15) is 24.2 Å². The summed E-state index contributed by atoms with van der Waals surface area (Å²) < 4.78 is 5.43. The molecular formula is C23H28N6O. The molecule has 1 aliphatic heterocycles. The highest BCUT2D eigenvalue weighted by Gasteiger charge is 2.21. The van der Waals surface area contributed by atoms with Crippen LogP contribution >= 0.6 is 0 Å². The number of nitrogens with zero attached hydrogens (tertiary/aromatic N) is 4. The summed E-state index contributed by atoms with van der Waals surface area (Å²) in [6, 6.07) is 16.5. The summed E-state index contributed by atoms with van der Waals surface area (Å²) in [5, 5.41) is 7.08. The largest absolute Gasteiger partial charge is 0.469 e. The van der Waals surface area contributed by atoms with Gasteiger partial charge >= 0.3 is 0 Å². The van der Waals surface area contributed by atoms with Crippen molar-refractivity contribution in [1.29, 1.82) is 0 Å². The zero-order chi connectivity index (χ0) is 20.4. The SMILES string of the molecule is c1ccc(CN=C(NCCc2ccco2)NC2CCN(c3ncccn3)CC2)cc1. The zero-order valence-corrected chi connectivity index (χ0v) is 17.1. The molecule has 0 aliphatic carbocycles. The molecule has 30 heavy (non-hydrogen) atoms. The second kappa shape index (κ2) is 10.4. The Balaban J connectivity index is 1.33. The number of benzene rings is 1. The molecule has 1 aromatic carbocycles. The van der Waals surface area contributed by atoms with E-state index in [0.717, 1.165) is 56.6 Å². The lowest BCUT2D eigenvalue weighted by atomic mass is 10.1. The molecular weight excluding hydrogens is 376 g/mol. The molecule has 3 heterocycles. The first-order chi connectivity index (χ1) is 14.9. The molecule has 7 nitrogen and oxygen atoms in total. The Kier molecular flexibility index (Phi) is 6.94. The Bertz CT molecular complexity index is 890. The first-order valence-corrected chi connectivity index (χ1v) is 10.5. The van der Waals surface area contributed by atoms with E-state index in [4.69, 9.17) is 9.41 Å². The monoisotopic (exact) mass is 404 g/mol. The van der Waals surface area contributed by atoms with Crippen molar-refractivity contribution in [2.45, 2.75) is 31.8 Å². The Morgan fingerprint density at radius 3 is 2.57 bits per heavy atom. The van der Waals surface area contributed by atoms with Crippen LogP contribution in [-0.4, -0.2) is 41.6 Å². The van der Waals surface area contributed by atoms with Crippen molar-refractivity contribution in [2.75, 3.05) is 24.5 Å². The van der Waals surface area contributed by atoms with Crippen molar-refractivity contribution in [1.82, 2.24) is 20.6 Å². The fourth-order valence-corrected chi connectivity index (χ4v) is 3.54. The second-order valence-corrected chi connectivity index (χ2v) is 7.36. The van der Waals surface area contributed by atoms with Gasteiger partial charge in [-0.2, -0.15) is 0 Å². The average molecular weight is 405 g/mol. The molecule has 0 spiro atoms. The molecule has 2 aromatic heterocycles. The highest BCUT2D eigenvalue weighted by atomic mass is 16.3. The minimum atomic E-state index is 0.371. The summed E-state index contributed by atoms with van der Waals surface area (Å²) in [5.41, 5.74) is 1.20. The van der Waals surface area contributed by atoms with Gasteiger partial charge in [0.05, 0.1) is 12.8 Å². The van der Waals surface area contributed by atoms with Crippen molar-refractivity contribution >= 4 is 11.9 Å². The van der Waals surface area contributed by atoms with Gasteiger partial charge in [-0.15, -0.1) is 0 Å². The summed E-state index contributed by atoms with van der Waals surface area (Å²) in [5.74, 6) is 2.63. The van der Waals surface area contributed by atoms with E-state index in [-0.39, 0.29) is 0 Å². The van der Waals surface area contributed by atoms with E-state index in [1.165, 1.54) is 5.56 Å². The Labute approximate surface area is 177 Å². The summed E-state index contributed by atoms with van der Waals surface area (Å²) in [6.07, 6.45) is 8.16. The molecule has 0 bridgehead atoms. The quantitative estimate of drug-likeness (QED) is 0.466. The van der Waals surface area contributed by atoms with E-state index in [1.807, 2.05) is 36.4 Å². The van der Waals surface area contributed by atoms with Gasteiger partial charge in [-0.1, -0.05) is 30.3 Å². The van der Waals surface area contributed by atoms with E-state index in [1.54, 1.807) is 18.7 Å². The van der Waals surface area contributed by atoms with Crippen molar-refractivity contribution in [2.24, 2.45) is 4.99 Å². The van der Waals surface area contributed by atoms with Gasteiger partial charge < -0.3 is 20.0 Å². The molecule has 4 rings (SSSR count). The van der Waals surface area contributed by atoms with Crippen LogP contribution in [0.15, 0.2) is 76.6 Å². The number of rotatable bonds is 7. The molecule has 3 aromatic rings. The number of nitrogens with one attached hydrogen (secondary N) is 2. The van der Waals surface area contributed by atoms with Crippen LogP contribution in [0.25, 0.3) is 0 Å². The number of anilines is 1. The van der Waals surface area contributed by atoms with Gasteiger partial charge in [0, 0.05) is 44.5 Å². The van der Waals surface area contributed by atoms with E-state index < -0.39 is 0 Å². The first-order valence-electron chi connectivity index (χ1n) is 10.5. The van der Waals surface area contributed by atoms with Gasteiger partial charge in [-0.25, -0.2) is 15.0 Å². The van der Waals surface area contributed by atoms with Crippen molar-refractivity contribution in [3.8, 4) is 0 Å². The van der Waals surface area contributed by atoms with Crippen LogP contribution in [0.4, 0.5) is 5.95 Å². The standard InChI is InChI=1S/C23H28N6O/c1-2-6-19(7-3-1)18-27-22(24-14-9-21-8-4-17-30-21)28-20-10-15-29(16-11-20)23-25-12-5-13-26-23/h1-8,12-13,17,20H,9-11,14-16,18H2,(H2,24,27,28). The topological polar surface area (TPSA) is 78.6 Å². The zero-order valence-electron chi connectivity index (χ0n) is 17.1. The number of hydrogen-bond acceptors (Lipinski definition) is 5. The van der Waals surface area contributed by atoms with E-state index in [2.05, 4.69) is 37.6 Å². The van der Waals surface area contributed by atoms with E-state index >= 15 is 0 Å². The number of guanidine groups is 1. The van der Waals surface area contributed by atoms with Crippen molar-refractivity contribution in [3.63, 3.8) is 0 Å². The van der Waals surface area contributed by atoms with Gasteiger partial charge in [-0.05, 0) is 36.6 Å². The van der Waals surface area contributed by atoms with Crippen LogP contribution in [0.5, 0.6) is 0 Å². The fourth-order valence-electron chi connectivity index (χ4n) is 3.54. The van der Waals surface area contributed by atoms with Crippen LogP contribution < -0.4 is 15.5 Å². The minimum Gasteiger partial charge on any atom is -0.469 e. The Hall–Kier alpha value is -3.35. The summed E-state index contributed by atoms with van der Waals surface area (Å²) in [7, 11) is 0. The third-order valence-corrected chi connectivity index (χ3v) is 5.18. The molecule has 0 amide bonds. The van der Waals surface area contributed by atoms with E-state index in [9.17, 15) is 0 Å². The number of hydrogen-bond donors (Lipinski definition) is 2. The molecule has 2 N–H and O–H groups in total. The summed E-state index contributed by atoms with van der Waals surface area (Å²) in [4.78, 5) is 15.8. The molecule has 0 saturated carbocycles. The highest BCUT2D eigenvalue weighted by molar-refractivity contribution is 5.80. The normalized spacial score (nSPS) is 15.2. The Morgan fingerprint density at radius 2 is 1.83 bits per heavy atom. The lowest BCUT2D eigenvalue weighted by molar-refractivity contribution is 0.456. The van der Waals surface area contributed by atoms with Crippen LogP contribution in [0.3, 0.4) is 0 Å². The first kappa shape index (κ1) is 19.9. The molecule has 1 aliphatic rings. The molecule has 0 atom stereocenters. The predicted molar refractivity (Wildman–Crippen MR) is 118 cm³/mol. The average Bonchev–Trinajstić information content (AvgIpc) is 3.33. The molecule has 1 saturated heterocycles. The number of furan rings is 1. The third kappa shape index (κ3) is 5.83. The van der Waals surface area contributed by atoms with Gasteiger partial charge in [0.15, 0.2) is 5.96 Å². The highest BCUT2D eigenvalue weighted by Crippen LogP contribution is 2.15. The Morgan fingerprint density at radius 1 is 1.03 bits per heavy atom. The van der Waals surface area contributed by atoms with Gasteiger partial charge in [0.1, 0.15) is 5.76 Å². The second-order valence-electron chi connectivity index (χ2n) is 7.36. The van der Waals surface area contributed by atoms with Gasteiger partial charge in [-0.3, -0.25) is 0 Å². The molecule has 0 unspecified atom stereocenters. The maximum absolute atomic E-state index is 5.43. The number of aromatic nitrogens is 2. The van der Waals surface area contributed by atoms with Gasteiger partial charge in [0.25, 0.3) is 0 Å².